The number of anilines is 1. The second-order valence-corrected chi connectivity index (χ2v) is 5.49. The van der Waals surface area contributed by atoms with Gasteiger partial charge in [-0.2, -0.15) is 0 Å². The van der Waals surface area contributed by atoms with E-state index in [1.54, 1.807) is 13.0 Å². The molecule has 0 heterocycles. The smallest absolute Gasteiger partial charge is 0.178 e. The summed E-state index contributed by atoms with van der Waals surface area (Å²) in [4.78, 5) is 0.211. The fourth-order valence-electron chi connectivity index (χ4n) is 1.20. The van der Waals surface area contributed by atoms with Crippen molar-refractivity contribution in [3.05, 3.63) is 23.8 Å². The highest BCUT2D eigenvalue weighted by molar-refractivity contribution is 7.91. The first-order valence-electron chi connectivity index (χ1n) is 4.62. The average Bonchev–Trinajstić information content (AvgIpc) is 2.19. The SMILES string of the molecule is Cc1cc(S(=O)(=O)CCCF)ccc1N. The summed E-state index contributed by atoms with van der Waals surface area (Å²) in [7, 11) is -3.36. The molecule has 0 aliphatic rings. The number of alkyl halides is 1. The number of nitrogen functional groups attached to an aromatic ring is 1. The van der Waals surface area contributed by atoms with Crippen molar-refractivity contribution in [3.8, 4) is 0 Å². The molecule has 3 nitrogen and oxygen atoms in total. The largest absolute Gasteiger partial charge is 0.399 e. The van der Waals surface area contributed by atoms with E-state index in [1.165, 1.54) is 12.1 Å². The lowest BCUT2D eigenvalue weighted by Gasteiger charge is -2.05. The molecule has 84 valence electrons. The molecule has 0 aromatic heterocycles. The number of rotatable bonds is 4. The molecule has 0 saturated carbocycles. The minimum Gasteiger partial charge on any atom is -0.399 e. The Kier molecular flexibility index (Phi) is 3.68. The van der Waals surface area contributed by atoms with Gasteiger partial charge in [0.1, 0.15) is 0 Å². The Morgan fingerprint density at radius 3 is 2.60 bits per heavy atom. The standard InChI is InChI=1S/C10H14FNO2S/c1-8-7-9(3-4-10(8)12)15(13,14)6-2-5-11/h3-4,7H,2,5-6,12H2,1H3. The summed E-state index contributed by atoms with van der Waals surface area (Å²) < 4.78 is 35.2. The summed E-state index contributed by atoms with van der Waals surface area (Å²) in [6.45, 7) is 1.12. The molecule has 2 N–H and O–H groups in total. The number of hydrogen-bond donors (Lipinski definition) is 1. The van der Waals surface area contributed by atoms with E-state index < -0.39 is 16.5 Å². The molecule has 0 fully saturated rings. The molecule has 0 atom stereocenters. The van der Waals surface area contributed by atoms with Crippen LogP contribution >= 0.6 is 0 Å². The Hall–Kier alpha value is -1.10. The van der Waals surface area contributed by atoms with Crippen molar-refractivity contribution < 1.29 is 12.8 Å². The van der Waals surface area contributed by atoms with Gasteiger partial charge in [-0.25, -0.2) is 8.42 Å². The van der Waals surface area contributed by atoms with Crippen LogP contribution in [0.15, 0.2) is 23.1 Å². The van der Waals surface area contributed by atoms with Crippen LogP contribution in [0.4, 0.5) is 10.1 Å². The maximum Gasteiger partial charge on any atom is 0.178 e. The Morgan fingerprint density at radius 1 is 1.40 bits per heavy atom. The van der Waals surface area contributed by atoms with Crippen LogP contribution in [0.3, 0.4) is 0 Å². The third kappa shape index (κ3) is 2.92. The van der Waals surface area contributed by atoms with E-state index >= 15 is 0 Å². The average molecular weight is 231 g/mol. The van der Waals surface area contributed by atoms with Gasteiger partial charge in [0, 0.05) is 5.69 Å². The zero-order valence-electron chi connectivity index (χ0n) is 8.53. The highest BCUT2D eigenvalue weighted by Crippen LogP contribution is 2.18. The molecule has 1 aromatic rings. The Balaban J connectivity index is 3.00. The van der Waals surface area contributed by atoms with Crippen LogP contribution in [0.2, 0.25) is 0 Å². The first-order valence-corrected chi connectivity index (χ1v) is 6.27. The van der Waals surface area contributed by atoms with Gasteiger partial charge in [0.15, 0.2) is 9.84 Å². The van der Waals surface area contributed by atoms with Gasteiger partial charge in [-0.15, -0.1) is 0 Å². The van der Waals surface area contributed by atoms with Crippen molar-refractivity contribution in [2.24, 2.45) is 0 Å². The number of hydrogen-bond acceptors (Lipinski definition) is 3. The minimum atomic E-state index is -3.36. The van der Waals surface area contributed by atoms with Gasteiger partial charge in [0.05, 0.1) is 17.3 Å². The maximum atomic E-state index is 11.9. The lowest BCUT2D eigenvalue weighted by atomic mass is 10.2. The summed E-state index contributed by atoms with van der Waals surface area (Å²) in [5, 5.41) is 0. The van der Waals surface area contributed by atoms with Crippen LogP contribution in [0, 0.1) is 6.92 Å². The predicted octanol–water partition coefficient (Wildman–Crippen LogP) is 1.71. The summed E-state index contributed by atoms with van der Waals surface area (Å²) in [6.07, 6.45) is 0.0335. The highest BCUT2D eigenvalue weighted by atomic mass is 32.2. The molecule has 1 aromatic carbocycles. The van der Waals surface area contributed by atoms with Crippen molar-refractivity contribution in [2.75, 3.05) is 18.2 Å². The van der Waals surface area contributed by atoms with E-state index in [-0.39, 0.29) is 17.1 Å². The van der Waals surface area contributed by atoms with Gasteiger partial charge in [0.2, 0.25) is 0 Å². The lowest BCUT2D eigenvalue weighted by molar-refractivity contribution is 0.484. The van der Waals surface area contributed by atoms with Crippen LogP contribution in [0.25, 0.3) is 0 Å². The first kappa shape index (κ1) is 12.0. The molecule has 1 rings (SSSR count). The summed E-state index contributed by atoms with van der Waals surface area (Å²) >= 11 is 0. The number of nitrogens with two attached hydrogens (primary N) is 1. The van der Waals surface area contributed by atoms with Gasteiger partial charge in [-0.3, -0.25) is 4.39 Å². The van der Waals surface area contributed by atoms with E-state index in [0.29, 0.717) is 5.69 Å². The maximum absolute atomic E-state index is 11.9. The first-order chi connectivity index (χ1) is 6.97. The lowest BCUT2D eigenvalue weighted by Crippen LogP contribution is -2.08. The van der Waals surface area contributed by atoms with Gasteiger partial charge in [-0.1, -0.05) is 0 Å². The van der Waals surface area contributed by atoms with Gasteiger partial charge < -0.3 is 5.73 Å². The molecule has 0 amide bonds. The number of halogens is 1. The second-order valence-electron chi connectivity index (χ2n) is 3.38. The minimum absolute atomic E-state index is 0.0335. The van der Waals surface area contributed by atoms with Crippen LogP contribution in [0.5, 0.6) is 0 Å². The van der Waals surface area contributed by atoms with Crippen LogP contribution in [0.1, 0.15) is 12.0 Å². The van der Waals surface area contributed by atoms with Crippen LogP contribution < -0.4 is 5.73 Å². The number of aryl methyl sites for hydroxylation is 1. The van der Waals surface area contributed by atoms with E-state index in [2.05, 4.69) is 0 Å². The van der Waals surface area contributed by atoms with E-state index in [1.807, 2.05) is 0 Å². The summed E-state index contributed by atoms with van der Waals surface area (Å²) in [5.41, 5.74) is 6.85. The normalized spacial score (nSPS) is 11.6. The monoisotopic (exact) mass is 231 g/mol. The molecule has 0 unspecified atom stereocenters. The quantitative estimate of drug-likeness (QED) is 0.802. The molecule has 0 saturated heterocycles. The van der Waals surface area contributed by atoms with E-state index in [4.69, 9.17) is 5.73 Å². The molecular formula is C10H14FNO2S. The molecule has 15 heavy (non-hydrogen) atoms. The zero-order chi connectivity index (χ0) is 11.5. The topological polar surface area (TPSA) is 60.2 Å². The second kappa shape index (κ2) is 4.61. The molecule has 0 aliphatic carbocycles. The van der Waals surface area contributed by atoms with Gasteiger partial charge >= 0.3 is 0 Å². The predicted molar refractivity (Wildman–Crippen MR) is 58.2 cm³/mol. The van der Waals surface area contributed by atoms with E-state index in [9.17, 15) is 12.8 Å². The van der Waals surface area contributed by atoms with Crippen molar-refractivity contribution in [1.29, 1.82) is 0 Å². The third-order valence-corrected chi connectivity index (χ3v) is 3.95. The Morgan fingerprint density at radius 2 is 2.07 bits per heavy atom. The van der Waals surface area contributed by atoms with E-state index in [0.717, 1.165) is 5.56 Å². The van der Waals surface area contributed by atoms with Crippen LogP contribution in [-0.2, 0) is 9.84 Å². The highest BCUT2D eigenvalue weighted by Gasteiger charge is 2.14. The van der Waals surface area contributed by atoms with Gasteiger partial charge in [0.25, 0.3) is 0 Å². The summed E-state index contributed by atoms with van der Waals surface area (Å²) in [6, 6.07) is 4.52. The molecule has 0 bridgehead atoms. The fraction of sp³-hybridized carbons (Fsp3) is 0.400. The number of sulfone groups is 1. The molecular weight excluding hydrogens is 217 g/mol. The van der Waals surface area contributed by atoms with Crippen molar-refractivity contribution in [3.63, 3.8) is 0 Å². The molecule has 0 aliphatic heterocycles. The summed E-state index contributed by atoms with van der Waals surface area (Å²) in [5.74, 6) is -0.160. The van der Waals surface area contributed by atoms with Crippen LogP contribution in [-0.4, -0.2) is 20.8 Å². The van der Waals surface area contributed by atoms with Crippen molar-refractivity contribution in [1.82, 2.24) is 0 Å². The Labute approximate surface area is 89.0 Å². The Bertz CT molecular complexity index is 443. The molecule has 5 heteroatoms. The molecule has 0 radical (unpaired) electrons. The van der Waals surface area contributed by atoms with Gasteiger partial charge in [-0.05, 0) is 37.1 Å². The fourth-order valence-corrected chi connectivity index (χ4v) is 2.56. The van der Waals surface area contributed by atoms with Crippen molar-refractivity contribution >= 4 is 15.5 Å². The molecule has 0 spiro atoms. The van der Waals surface area contributed by atoms with Crippen molar-refractivity contribution in [2.45, 2.75) is 18.2 Å². The third-order valence-electron chi connectivity index (χ3n) is 2.15. The number of benzene rings is 1. The zero-order valence-corrected chi connectivity index (χ0v) is 9.35.